The third kappa shape index (κ3) is 2.93. The fourth-order valence-electron chi connectivity index (χ4n) is 3.11. The van der Waals surface area contributed by atoms with Crippen molar-refractivity contribution in [2.45, 2.75) is 6.17 Å². The molecule has 1 unspecified atom stereocenters. The molecule has 0 spiro atoms. The van der Waals surface area contributed by atoms with Gasteiger partial charge in [-0.25, -0.2) is 9.99 Å². The van der Waals surface area contributed by atoms with Crippen LogP contribution in [0.5, 0.6) is 0 Å². The standard InChI is InChI=1S/C19H14ClN5S2/c20-11-1-3-12(4-2-11)23-19-17-14(7-8-26-17)18(21)24-25(19)13-5-6-15-16(9-13)27-10-22-15/h1-10,19,23H,(H2,21,24). The van der Waals surface area contributed by atoms with E-state index in [2.05, 4.69) is 21.5 Å². The van der Waals surface area contributed by atoms with Gasteiger partial charge in [0, 0.05) is 16.3 Å². The first kappa shape index (κ1) is 16.6. The molecule has 3 N–H and O–H groups in total. The number of halogens is 1. The Hall–Kier alpha value is -2.61. The van der Waals surface area contributed by atoms with Crippen LogP contribution in [0.15, 0.2) is 64.5 Å². The van der Waals surface area contributed by atoms with Gasteiger partial charge in [0.05, 0.1) is 26.3 Å². The summed E-state index contributed by atoms with van der Waals surface area (Å²) >= 11 is 9.30. The SMILES string of the molecule is NC1=NN(c2ccc3ncsc3c2)C(Nc2ccc(Cl)cc2)c2sccc21. The van der Waals surface area contributed by atoms with Gasteiger partial charge in [-0.05, 0) is 53.9 Å². The number of thiophene rings is 1. The Labute approximate surface area is 168 Å². The molecule has 1 aliphatic rings. The lowest BCUT2D eigenvalue weighted by molar-refractivity contribution is 0.712. The number of nitrogens with zero attached hydrogens (tertiary/aromatic N) is 3. The van der Waals surface area contributed by atoms with E-state index in [1.54, 1.807) is 22.7 Å². The molecule has 27 heavy (non-hydrogen) atoms. The van der Waals surface area contributed by atoms with Crippen LogP contribution in [0.2, 0.25) is 5.02 Å². The molecule has 5 nitrogen and oxygen atoms in total. The third-order valence-corrected chi connectivity index (χ3v) is 6.42. The van der Waals surface area contributed by atoms with E-state index in [1.807, 2.05) is 58.4 Å². The molecule has 0 saturated carbocycles. The monoisotopic (exact) mass is 411 g/mol. The second-order valence-corrected chi connectivity index (χ2v) is 8.36. The number of hydrazone groups is 1. The Bertz CT molecular complexity index is 1150. The minimum absolute atomic E-state index is 0.168. The molecule has 134 valence electrons. The van der Waals surface area contributed by atoms with Gasteiger partial charge in [0.1, 0.15) is 0 Å². The van der Waals surface area contributed by atoms with Crippen molar-refractivity contribution in [3.05, 3.63) is 74.9 Å². The quantitative estimate of drug-likeness (QED) is 0.482. The number of anilines is 2. The van der Waals surface area contributed by atoms with Gasteiger partial charge in [-0.3, -0.25) is 0 Å². The molecule has 1 atom stereocenters. The van der Waals surface area contributed by atoms with Crippen LogP contribution in [0, 0.1) is 0 Å². The number of nitrogens with one attached hydrogen (secondary N) is 1. The van der Waals surface area contributed by atoms with Crippen LogP contribution < -0.4 is 16.1 Å². The molecule has 0 aliphatic carbocycles. The van der Waals surface area contributed by atoms with E-state index in [-0.39, 0.29) is 6.17 Å². The molecule has 0 saturated heterocycles. The number of rotatable bonds is 3. The van der Waals surface area contributed by atoms with Crippen molar-refractivity contribution in [2.75, 3.05) is 10.3 Å². The molecular weight excluding hydrogens is 398 g/mol. The summed E-state index contributed by atoms with van der Waals surface area (Å²) in [5.74, 6) is 0.518. The van der Waals surface area contributed by atoms with E-state index < -0.39 is 0 Å². The van der Waals surface area contributed by atoms with E-state index >= 15 is 0 Å². The second kappa shape index (κ2) is 6.53. The number of thiazole rings is 1. The van der Waals surface area contributed by atoms with Crippen LogP contribution in [-0.4, -0.2) is 10.8 Å². The molecule has 0 amide bonds. The van der Waals surface area contributed by atoms with Crippen molar-refractivity contribution < 1.29 is 0 Å². The van der Waals surface area contributed by atoms with E-state index in [1.165, 1.54) is 0 Å². The normalized spacial score (nSPS) is 16.3. The lowest BCUT2D eigenvalue weighted by Gasteiger charge is -2.34. The van der Waals surface area contributed by atoms with Gasteiger partial charge in [-0.15, -0.1) is 22.7 Å². The van der Waals surface area contributed by atoms with Gasteiger partial charge in [-0.2, -0.15) is 5.10 Å². The molecule has 4 aromatic rings. The highest BCUT2D eigenvalue weighted by molar-refractivity contribution is 7.16. The Morgan fingerprint density at radius 1 is 1.07 bits per heavy atom. The zero-order chi connectivity index (χ0) is 18.4. The number of fused-ring (bicyclic) bond motifs is 2. The molecule has 8 heteroatoms. The van der Waals surface area contributed by atoms with E-state index in [0.717, 1.165) is 32.0 Å². The smallest absolute Gasteiger partial charge is 0.157 e. The summed E-state index contributed by atoms with van der Waals surface area (Å²) in [7, 11) is 0. The molecule has 0 fully saturated rings. The summed E-state index contributed by atoms with van der Waals surface area (Å²) in [5.41, 5.74) is 12.0. The molecule has 0 radical (unpaired) electrons. The van der Waals surface area contributed by atoms with Gasteiger partial charge >= 0.3 is 0 Å². The second-order valence-electron chi connectivity index (χ2n) is 6.09. The maximum absolute atomic E-state index is 6.25. The summed E-state index contributed by atoms with van der Waals surface area (Å²) in [6.07, 6.45) is -0.168. The van der Waals surface area contributed by atoms with Crippen molar-refractivity contribution in [2.24, 2.45) is 10.8 Å². The van der Waals surface area contributed by atoms with Gasteiger partial charge < -0.3 is 11.1 Å². The Morgan fingerprint density at radius 2 is 1.93 bits per heavy atom. The van der Waals surface area contributed by atoms with Crippen molar-refractivity contribution in [1.29, 1.82) is 0 Å². The first-order chi connectivity index (χ1) is 13.2. The predicted molar refractivity (Wildman–Crippen MR) is 115 cm³/mol. The highest BCUT2D eigenvalue weighted by Crippen LogP contribution is 2.38. The number of benzene rings is 2. The lowest BCUT2D eigenvalue weighted by Crippen LogP contribution is -2.37. The topological polar surface area (TPSA) is 66.5 Å². The Balaban J connectivity index is 1.60. The van der Waals surface area contributed by atoms with Crippen LogP contribution in [-0.2, 0) is 0 Å². The maximum atomic E-state index is 6.25. The summed E-state index contributed by atoms with van der Waals surface area (Å²) in [6.45, 7) is 0. The lowest BCUT2D eigenvalue weighted by atomic mass is 10.1. The number of amidine groups is 1. The minimum Gasteiger partial charge on any atom is -0.382 e. The first-order valence-electron chi connectivity index (χ1n) is 8.25. The van der Waals surface area contributed by atoms with Crippen LogP contribution in [0.4, 0.5) is 11.4 Å². The zero-order valence-electron chi connectivity index (χ0n) is 14.0. The first-order valence-corrected chi connectivity index (χ1v) is 10.4. The molecule has 5 rings (SSSR count). The van der Waals surface area contributed by atoms with Crippen LogP contribution >= 0.6 is 34.3 Å². The van der Waals surface area contributed by atoms with Crippen LogP contribution in [0.3, 0.4) is 0 Å². The predicted octanol–water partition coefficient (Wildman–Crippen LogP) is 5.26. The highest BCUT2D eigenvalue weighted by atomic mass is 35.5. The van der Waals surface area contributed by atoms with Crippen LogP contribution in [0.25, 0.3) is 10.2 Å². The highest BCUT2D eigenvalue weighted by Gasteiger charge is 2.30. The average molecular weight is 412 g/mol. The largest absolute Gasteiger partial charge is 0.382 e. The van der Waals surface area contributed by atoms with Gasteiger partial charge in [0.15, 0.2) is 12.0 Å². The molecule has 3 heterocycles. The average Bonchev–Trinajstić information content (AvgIpc) is 3.34. The maximum Gasteiger partial charge on any atom is 0.157 e. The van der Waals surface area contributed by atoms with Crippen molar-refractivity contribution in [3.8, 4) is 0 Å². The molecular formula is C19H14ClN5S2. The van der Waals surface area contributed by atoms with Crippen molar-refractivity contribution in [3.63, 3.8) is 0 Å². The third-order valence-electron chi connectivity index (χ3n) is 4.41. The van der Waals surface area contributed by atoms with Crippen LogP contribution in [0.1, 0.15) is 16.6 Å². The summed E-state index contributed by atoms with van der Waals surface area (Å²) in [5, 5.41) is 12.9. The van der Waals surface area contributed by atoms with Crippen molar-refractivity contribution in [1.82, 2.24) is 4.98 Å². The molecule has 2 aromatic carbocycles. The Morgan fingerprint density at radius 3 is 2.78 bits per heavy atom. The van der Waals surface area contributed by atoms with Crippen molar-refractivity contribution >= 4 is 61.7 Å². The molecule has 1 aliphatic heterocycles. The zero-order valence-corrected chi connectivity index (χ0v) is 16.4. The van der Waals surface area contributed by atoms with Gasteiger partial charge in [-0.1, -0.05) is 11.6 Å². The van der Waals surface area contributed by atoms with E-state index in [4.69, 9.17) is 17.3 Å². The minimum atomic E-state index is -0.168. The molecule has 2 aromatic heterocycles. The van der Waals surface area contributed by atoms with Gasteiger partial charge in [0.25, 0.3) is 0 Å². The van der Waals surface area contributed by atoms with E-state index in [0.29, 0.717) is 10.9 Å². The Kier molecular flexibility index (Phi) is 4.00. The summed E-state index contributed by atoms with van der Waals surface area (Å²) in [4.78, 5) is 5.48. The number of hydrogen-bond acceptors (Lipinski definition) is 7. The summed E-state index contributed by atoms with van der Waals surface area (Å²) in [6, 6.07) is 15.8. The fourth-order valence-corrected chi connectivity index (χ4v) is 4.88. The number of nitrogens with two attached hydrogens (primary N) is 1. The fraction of sp³-hybridized carbons (Fsp3) is 0.0526. The summed E-state index contributed by atoms with van der Waals surface area (Å²) < 4.78 is 1.11. The molecule has 0 bridgehead atoms. The van der Waals surface area contributed by atoms with E-state index in [9.17, 15) is 0 Å². The number of hydrogen-bond donors (Lipinski definition) is 2. The van der Waals surface area contributed by atoms with Gasteiger partial charge in [0.2, 0.25) is 0 Å². The number of aromatic nitrogens is 1.